The highest BCUT2D eigenvalue weighted by Crippen LogP contribution is 2.11. The molecule has 0 spiro atoms. The third-order valence-corrected chi connectivity index (χ3v) is 8.21. The van der Waals surface area contributed by atoms with Crippen molar-refractivity contribution < 1.29 is 39.9 Å². The maximum absolute atomic E-state index is 11.4. The number of carboxylic acids is 1. The van der Waals surface area contributed by atoms with Crippen molar-refractivity contribution in [2.24, 2.45) is 0 Å². The van der Waals surface area contributed by atoms with Crippen molar-refractivity contribution >= 4 is 11.9 Å². The maximum Gasteiger partial charge on any atom is 0.305 e. The molecule has 0 aliphatic rings. The summed E-state index contributed by atoms with van der Waals surface area (Å²) in [5, 5.41) is 44.1. The van der Waals surface area contributed by atoms with Gasteiger partial charge in [-0.05, 0) is 83.5 Å². The summed E-state index contributed by atoms with van der Waals surface area (Å²) in [5.74, 6) is -0.980. The van der Waals surface area contributed by atoms with Gasteiger partial charge in [-0.1, -0.05) is 126 Å². The molecule has 8 nitrogen and oxygen atoms in total. The number of allylic oxidation sites excluding steroid dienone is 8. The van der Waals surface area contributed by atoms with Crippen LogP contribution in [-0.2, 0) is 14.3 Å². The fraction of sp³-hybridized carbons (Fsp3) is 0.762. The van der Waals surface area contributed by atoms with Crippen LogP contribution in [0.1, 0.15) is 174 Å². The van der Waals surface area contributed by atoms with Crippen LogP contribution >= 0.6 is 0 Å². The zero-order chi connectivity index (χ0) is 37.2. The molecule has 5 N–H and O–H groups in total. The van der Waals surface area contributed by atoms with E-state index in [4.69, 9.17) is 25.2 Å². The van der Waals surface area contributed by atoms with Gasteiger partial charge in [-0.15, -0.1) is 0 Å². The molecule has 0 aromatic heterocycles. The summed E-state index contributed by atoms with van der Waals surface area (Å²) in [6, 6.07) is 0. The summed E-state index contributed by atoms with van der Waals surface area (Å²) in [6.07, 6.45) is 43.6. The molecule has 0 saturated heterocycles. The highest BCUT2D eigenvalue weighted by Gasteiger charge is 2.07. The number of esters is 1. The molecule has 50 heavy (non-hydrogen) atoms. The molecule has 292 valence electrons. The Labute approximate surface area is 305 Å². The molecule has 0 saturated carbocycles. The Morgan fingerprint density at radius 3 is 1.36 bits per heavy atom. The second kappa shape index (κ2) is 42.9. The predicted octanol–water partition coefficient (Wildman–Crippen LogP) is 9.69. The number of unbranched alkanes of at least 4 members (excludes halogenated alkanes) is 17. The standard InChI is InChI=1S/2C21H38O4/c1-2-3-4-5-6-7-8-9-10-11-12-13-14-15-16-17-21(24)25-19-20(23)18-22;22-19-20(23)17-15-13-11-9-7-5-3-1-2-4-6-8-10-12-14-16-18-21(24)25/h6-7,9-10,20,22-23H,2-5,8,11-19H2,1H3;2-5,20,22-23H,1,6-19H2,(H,24,25)/b7-6-,10-9-;4-2-,5-3-. The number of hydrogen-bond acceptors (Lipinski definition) is 7. The lowest BCUT2D eigenvalue weighted by Crippen LogP contribution is -2.21. The zero-order valence-corrected chi connectivity index (χ0v) is 31.7. The lowest BCUT2D eigenvalue weighted by atomic mass is 10.1. The Morgan fingerprint density at radius 1 is 0.520 bits per heavy atom. The quantitative estimate of drug-likeness (QED) is 0.0249. The number of ether oxygens (including phenoxy) is 1. The van der Waals surface area contributed by atoms with Crippen molar-refractivity contribution in [2.75, 3.05) is 19.8 Å². The van der Waals surface area contributed by atoms with Gasteiger partial charge < -0.3 is 30.3 Å². The molecule has 0 aromatic carbocycles. The summed E-state index contributed by atoms with van der Waals surface area (Å²) >= 11 is 0. The summed E-state index contributed by atoms with van der Waals surface area (Å²) in [4.78, 5) is 21.7. The van der Waals surface area contributed by atoms with E-state index in [-0.39, 0.29) is 25.8 Å². The fourth-order valence-corrected chi connectivity index (χ4v) is 5.06. The molecule has 0 amide bonds. The van der Waals surface area contributed by atoms with Gasteiger partial charge >= 0.3 is 11.9 Å². The van der Waals surface area contributed by atoms with Crippen LogP contribution in [0.4, 0.5) is 0 Å². The molecule has 8 heteroatoms. The fourth-order valence-electron chi connectivity index (χ4n) is 5.06. The van der Waals surface area contributed by atoms with E-state index in [9.17, 15) is 14.7 Å². The summed E-state index contributed by atoms with van der Waals surface area (Å²) < 4.78 is 4.85. The van der Waals surface area contributed by atoms with Crippen LogP contribution in [0, 0.1) is 0 Å². The van der Waals surface area contributed by atoms with Crippen LogP contribution in [0.25, 0.3) is 0 Å². The van der Waals surface area contributed by atoms with Gasteiger partial charge in [0.15, 0.2) is 0 Å². The van der Waals surface area contributed by atoms with Crippen LogP contribution in [0.3, 0.4) is 0 Å². The summed E-state index contributed by atoms with van der Waals surface area (Å²) in [6.45, 7) is 1.61. The van der Waals surface area contributed by atoms with E-state index in [1.807, 2.05) is 0 Å². The third kappa shape index (κ3) is 45.7. The van der Waals surface area contributed by atoms with E-state index in [0.717, 1.165) is 83.5 Å². The Kier molecular flexibility index (Phi) is 42.8. The van der Waals surface area contributed by atoms with Crippen LogP contribution in [0.5, 0.6) is 0 Å². The maximum atomic E-state index is 11.4. The average Bonchev–Trinajstić information content (AvgIpc) is 3.11. The first kappa shape index (κ1) is 49.9. The number of carboxylic acid groups (broad SMARTS) is 1. The van der Waals surface area contributed by atoms with Gasteiger partial charge in [0.2, 0.25) is 0 Å². The van der Waals surface area contributed by atoms with Crippen LogP contribution in [0.15, 0.2) is 48.6 Å². The van der Waals surface area contributed by atoms with E-state index < -0.39 is 18.2 Å². The number of rotatable bonds is 35. The first-order valence-corrected chi connectivity index (χ1v) is 19.9. The van der Waals surface area contributed by atoms with Gasteiger partial charge in [0, 0.05) is 12.8 Å². The largest absolute Gasteiger partial charge is 0.481 e. The van der Waals surface area contributed by atoms with Crippen LogP contribution < -0.4 is 0 Å². The summed E-state index contributed by atoms with van der Waals surface area (Å²) in [7, 11) is 0. The number of aliphatic hydroxyl groups excluding tert-OH is 4. The lowest BCUT2D eigenvalue weighted by Gasteiger charge is -2.08. The normalized spacial score (nSPS) is 13.0. The number of carbonyl (C=O) groups is 2. The molecule has 0 bridgehead atoms. The second-order valence-corrected chi connectivity index (χ2v) is 13.2. The van der Waals surface area contributed by atoms with E-state index >= 15 is 0 Å². The molecule has 0 heterocycles. The van der Waals surface area contributed by atoms with Gasteiger partial charge in [-0.3, -0.25) is 9.59 Å². The molecular weight excluding hydrogens is 632 g/mol. The molecule has 0 aliphatic heterocycles. The van der Waals surface area contributed by atoms with E-state index in [1.165, 1.54) is 64.2 Å². The second-order valence-electron chi connectivity index (χ2n) is 13.2. The van der Waals surface area contributed by atoms with Gasteiger partial charge in [0.1, 0.15) is 12.7 Å². The van der Waals surface area contributed by atoms with Crippen LogP contribution in [-0.4, -0.2) is 69.5 Å². The van der Waals surface area contributed by atoms with Crippen molar-refractivity contribution in [2.45, 2.75) is 186 Å². The minimum absolute atomic E-state index is 0.115. The van der Waals surface area contributed by atoms with Gasteiger partial charge in [-0.2, -0.15) is 0 Å². The van der Waals surface area contributed by atoms with Crippen LogP contribution in [0.2, 0.25) is 0 Å². The van der Waals surface area contributed by atoms with E-state index in [2.05, 4.69) is 55.5 Å². The van der Waals surface area contributed by atoms with Crippen molar-refractivity contribution in [1.82, 2.24) is 0 Å². The minimum atomic E-state index is -0.964. The summed E-state index contributed by atoms with van der Waals surface area (Å²) in [5.41, 5.74) is 0. The Hall–Kier alpha value is -2.26. The number of hydrogen-bond donors (Lipinski definition) is 5. The Balaban J connectivity index is 0. The Morgan fingerprint density at radius 2 is 0.920 bits per heavy atom. The third-order valence-electron chi connectivity index (χ3n) is 8.21. The molecule has 2 atom stereocenters. The number of carbonyl (C=O) groups excluding carboxylic acids is 1. The topological polar surface area (TPSA) is 145 Å². The van der Waals surface area contributed by atoms with Gasteiger partial charge in [-0.25, -0.2) is 0 Å². The average molecular weight is 709 g/mol. The molecule has 0 fully saturated rings. The highest BCUT2D eigenvalue weighted by atomic mass is 16.5. The van der Waals surface area contributed by atoms with E-state index in [0.29, 0.717) is 19.3 Å². The van der Waals surface area contributed by atoms with Crippen molar-refractivity contribution in [3.8, 4) is 0 Å². The smallest absolute Gasteiger partial charge is 0.305 e. The van der Waals surface area contributed by atoms with Crippen molar-refractivity contribution in [3.05, 3.63) is 48.6 Å². The van der Waals surface area contributed by atoms with Gasteiger partial charge in [0.05, 0.1) is 19.3 Å². The SMILES string of the molecule is CCCCC/C=C\C/C=C\CCCCCCCC(=O)OCC(O)CO.O=C(O)CCCCCCC/C=C\C/C=C\CCCCCCC(O)CO. The van der Waals surface area contributed by atoms with E-state index in [1.54, 1.807) is 0 Å². The molecule has 2 unspecified atom stereocenters. The first-order valence-electron chi connectivity index (χ1n) is 19.9. The molecule has 0 aliphatic carbocycles. The first-order chi connectivity index (χ1) is 24.4. The predicted molar refractivity (Wildman–Crippen MR) is 207 cm³/mol. The molecular formula is C42H76O8. The lowest BCUT2D eigenvalue weighted by molar-refractivity contribution is -0.147. The van der Waals surface area contributed by atoms with Gasteiger partial charge in [0.25, 0.3) is 0 Å². The zero-order valence-electron chi connectivity index (χ0n) is 31.7. The Bertz CT molecular complexity index is 836. The van der Waals surface area contributed by atoms with Crippen molar-refractivity contribution in [1.29, 1.82) is 0 Å². The van der Waals surface area contributed by atoms with Crippen molar-refractivity contribution in [3.63, 3.8) is 0 Å². The minimum Gasteiger partial charge on any atom is -0.481 e. The molecule has 0 aromatic rings. The highest BCUT2D eigenvalue weighted by molar-refractivity contribution is 5.69. The monoisotopic (exact) mass is 709 g/mol. The number of aliphatic carboxylic acids is 1. The molecule has 0 rings (SSSR count). The molecule has 0 radical (unpaired) electrons. The number of aliphatic hydroxyl groups is 4.